The lowest BCUT2D eigenvalue weighted by Gasteiger charge is -2.41. The van der Waals surface area contributed by atoms with Crippen molar-refractivity contribution in [1.29, 1.82) is 0 Å². The molecule has 0 radical (unpaired) electrons. The Hall–Kier alpha value is -1.59. The summed E-state index contributed by atoms with van der Waals surface area (Å²) in [6, 6.07) is 7.98. The minimum atomic E-state index is -0.467. The van der Waals surface area contributed by atoms with Gasteiger partial charge in [0.05, 0.1) is 32.3 Å². The molecule has 144 valence electrons. The summed E-state index contributed by atoms with van der Waals surface area (Å²) < 4.78 is 11.0. The normalized spacial score (nSPS) is 26.2. The van der Waals surface area contributed by atoms with Gasteiger partial charge in [-0.25, -0.2) is 0 Å². The van der Waals surface area contributed by atoms with Crippen molar-refractivity contribution in [2.75, 3.05) is 40.0 Å². The molecule has 1 atom stereocenters. The molecule has 1 saturated carbocycles. The molecule has 0 bridgehead atoms. The first-order valence-corrected chi connectivity index (χ1v) is 9.66. The minimum absolute atomic E-state index is 0.0202. The lowest BCUT2D eigenvalue weighted by atomic mass is 9.68. The van der Waals surface area contributed by atoms with Gasteiger partial charge in [0, 0.05) is 18.5 Å². The molecule has 26 heavy (non-hydrogen) atoms. The molecular weight excluding hydrogens is 330 g/mol. The van der Waals surface area contributed by atoms with Gasteiger partial charge in [0.15, 0.2) is 0 Å². The van der Waals surface area contributed by atoms with Gasteiger partial charge in [-0.2, -0.15) is 0 Å². The van der Waals surface area contributed by atoms with Crippen LogP contribution in [0.25, 0.3) is 0 Å². The van der Waals surface area contributed by atoms with E-state index in [1.807, 2.05) is 36.1 Å². The number of aliphatic hydroxyl groups is 1. The summed E-state index contributed by atoms with van der Waals surface area (Å²) >= 11 is 0. The summed E-state index contributed by atoms with van der Waals surface area (Å²) in [6.45, 7) is 4.15. The van der Waals surface area contributed by atoms with Crippen LogP contribution in [0.15, 0.2) is 24.3 Å². The number of benzene rings is 1. The fourth-order valence-electron chi connectivity index (χ4n) is 4.34. The number of nitrogens with zero attached hydrogens (tertiary/aromatic N) is 1. The molecule has 3 rings (SSSR count). The highest BCUT2D eigenvalue weighted by Gasteiger charge is 2.45. The molecule has 5 nitrogen and oxygen atoms in total. The lowest BCUT2D eigenvalue weighted by molar-refractivity contribution is -0.140. The van der Waals surface area contributed by atoms with E-state index in [9.17, 15) is 9.90 Å². The van der Waals surface area contributed by atoms with Crippen LogP contribution in [0.4, 0.5) is 0 Å². The largest absolute Gasteiger partial charge is 0.497 e. The van der Waals surface area contributed by atoms with Crippen LogP contribution in [0.5, 0.6) is 5.75 Å². The zero-order valence-corrected chi connectivity index (χ0v) is 16.0. The van der Waals surface area contributed by atoms with E-state index >= 15 is 0 Å². The number of amides is 1. The van der Waals surface area contributed by atoms with Gasteiger partial charge < -0.3 is 19.5 Å². The second-order valence-corrected chi connectivity index (χ2v) is 8.12. The predicted octanol–water partition coefficient (Wildman–Crippen LogP) is 2.75. The SMILES string of the molecule is COc1ccc(C2(C(=O)N3CCOCC(C)(CO)C3)CCCCC2)cc1. The first-order chi connectivity index (χ1) is 12.5. The van der Waals surface area contributed by atoms with Crippen LogP contribution in [0.1, 0.15) is 44.6 Å². The summed E-state index contributed by atoms with van der Waals surface area (Å²) in [4.78, 5) is 15.7. The third-order valence-corrected chi connectivity index (χ3v) is 5.96. The van der Waals surface area contributed by atoms with Crippen LogP contribution in [0, 0.1) is 5.41 Å². The fourth-order valence-corrected chi connectivity index (χ4v) is 4.34. The highest BCUT2D eigenvalue weighted by atomic mass is 16.5. The molecule has 2 fully saturated rings. The standard InChI is InChI=1S/C21H31NO4/c1-20(15-23)14-22(12-13-26-16-20)19(24)21(10-4-3-5-11-21)17-6-8-18(25-2)9-7-17/h6-9,23H,3-5,10-16H2,1-2H3. The second-order valence-electron chi connectivity index (χ2n) is 8.12. The topological polar surface area (TPSA) is 59.0 Å². The number of carbonyl (C=O) groups excluding carboxylic acids is 1. The maximum absolute atomic E-state index is 13.7. The van der Waals surface area contributed by atoms with Crippen molar-refractivity contribution in [3.63, 3.8) is 0 Å². The molecule has 1 saturated heterocycles. The summed E-state index contributed by atoms with van der Waals surface area (Å²) in [5.74, 6) is 0.996. The monoisotopic (exact) mass is 361 g/mol. The molecule has 2 aliphatic rings. The van der Waals surface area contributed by atoms with Gasteiger partial charge in [0.2, 0.25) is 5.91 Å². The van der Waals surface area contributed by atoms with E-state index in [0.29, 0.717) is 26.3 Å². The quantitative estimate of drug-likeness (QED) is 0.896. The number of carbonyl (C=O) groups is 1. The molecule has 1 aromatic rings. The van der Waals surface area contributed by atoms with Crippen LogP contribution in [0.3, 0.4) is 0 Å². The minimum Gasteiger partial charge on any atom is -0.497 e. The number of ether oxygens (including phenoxy) is 2. The van der Waals surface area contributed by atoms with Crippen LogP contribution in [0.2, 0.25) is 0 Å². The first-order valence-electron chi connectivity index (χ1n) is 9.66. The molecule has 1 aliphatic heterocycles. The lowest BCUT2D eigenvalue weighted by Crippen LogP contribution is -2.51. The zero-order valence-electron chi connectivity index (χ0n) is 16.0. The predicted molar refractivity (Wildman–Crippen MR) is 100 cm³/mol. The Kier molecular flexibility index (Phi) is 5.88. The van der Waals surface area contributed by atoms with Gasteiger partial charge >= 0.3 is 0 Å². The second kappa shape index (κ2) is 7.97. The zero-order chi connectivity index (χ0) is 18.6. The van der Waals surface area contributed by atoms with Gasteiger partial charge in [-0.15, -0.1) is 0 Å². The van der Waals surface area contributed by atoms with Crippen molar-refractivity contribution in [2.24, 2.45) is 5.41 Å². The Labute approximate surface area is 156 Å². The van der Waals surface area contributed by atoms with Crippen molar-refractivity contribution in [1.82, 2.24) is 4.90 Å². The van der Waals surface area contributed by atoms with Crippen molar-refractivity contribution in [3.05, 3.63) is 29.8 Å². The van der Waals surface area contributed by atoms with Gasteiger partial charge in [0.25, 0.3) is 0 Å². The molecule has 1 aliphatic carbocycles. The van der Waals surface area contributed by atoms with Crippen LogP contribution < -0.4 is 4.74 Å². The molecule has 1 aromatic carbocycles. The maximum Gasteiger partial charge on any atom is 0.233 e. The molecule has 1 N–H and O–H groups in total. The summed E-state index contributed by atoms with van der Waals surface area (Å²) in [5.41, 5.74) is 0.214. The number of methoxy groups -OCH3 is 1. The third-order valence-electron chi connectivity index (χ3n) is 5.96. The molecule has 1 amide bonds. The molecule has 0 aromatic heterocycles. The van der Waals surface area contributed by atoms with Crippen molar-refractivity contribution < 1.29 is 19.4 Å². The Morgan fingerprint density at radius 2 is 1.92 bits per heavy atom. The van der Waals surface area contributed by atoms with E-state index in [4.69, 9.17) is 9.47 Å². The number of hydrogen-bond acceptors (Lipinski definition) is 4. The van der Waals surface area contributed by atoms with Gasteiger partial charge in [0.1, 0.15) is 5.75 Å². The highest BCUT2D eigenvalue weighted by molar-refractivity contribution is 5.88. The van der Waals surface area contributed by atoms with Crippen LogP contribution in [-0.4, -0.2) is 55.9 Å². The first kappa shape index (κ1) is 19.2. The highest BCUT2D eigenvalue weighted by Crippen LogP contribution is 2.42. The molecule has 1 unspecified atom stereocenters. The summed E-state index contributed by atoms with van der Waals surface area (Å²) in [5, 5.41) is 9.79. The third kappa shape index (κ3) is 3.74. The van der Waals surface area contributed by atoms with Crippen LogP contribution in [-0.2, 0) is 14.9 Å². The Bertz CT molecular complexity index is 609. The van der Waals surface area contributed by atoms with E-state index in [2.05, 4.69) is 0 Å². The van der Waals surface area contributed by atoms with Crippen LogP contribution >= 0.6 is 0 Å². The Morgan fingerprint density at radius 1 is 1.23 bits per heavy atom. The van der Waals surface area contributed by atoms with E-state index in [0.717, 1.165) is 37.0 Å². The fraction of sp³-hybridized carbons (Fsp3) is 0.667. The summed E-state index contributed by atoms with van der Waals surface area (Å²) in [7, 11) is 1.66. The Morgan fingerprint density at radius 3 is 2.54 bits per heavy atom. The molecular formula is C21H31NO4. The van der Waals surface area contributed by atoms with E-state index in [-0.39, 0.29) is 12.5 Å². The number of hydrogen-bond donors (Lipinski definition) is 1. The maximum atomic E-state index is 13.7. The van der Waals surface area contributed by atoms with E-state index in [1.165, 1.54) is 6.42 Å². The molecule has 5 heteroatoms. The number of aliphatic hydroxyl groups excluding tert-OH is 1. The van der Waals surface area contributed by atoms with Crippen molar-refractivity contribution in [3.8, 4) is 5.75 Å². The van der Waals surface area contributed by atoms with E-state index in [1.54, 1.807) is 7.11 Å². The van der Waals surface area contributed by atoms with Crippen molar-refractivity contribution >= 4 is 5.91 Å². The van der Waals surface area contributed by atoms with Gasteiger partial charge in [-0.3, -0.25) is 4.79 Å². The van der Waals surface area contributed by atoms with E-state index < -0.39 is 10.8 Å². The Balaban J connectivity index is 1.92. The van der Waals surface area contributed by atoms with Gasteiger partial charge in [-0.1, -0.05) is 38.3 Å². The smallest absolute Gasteiger partial charge is 0.233 e. The van der Waals surface area contributed by atoms with Crippen molar-refractivity contribution in [2.45, 2.75) is 44.4 Å². The van der Waals surface area contributed by atoms with Gasteiger partial charge in [-0.05, 0) is 30.5 Å². The molecule has 1 heterocycles. The number of rotatable bonds is 4. The molecule has 0 spiro atoms. The summed E-state index contributed by atoms with van der Waals surface area (Å²) in [6.07, 6.45) is 5.08. The average molecular weight is 361 g/mol. The average Bonchev–Trinajstić information content (AvgIpc) is 2.90.